The van der Waals surface area contributed by atoms with Crippen LogP contribution in [0.2, 0.25) is 0 Å². The molecule has 1 unspecified atom stereocenters. The minimum absolute atomic E-state index is 0.0695. The Morgan fingerprint density at radius 3 is 3.04 bits per heavy atom. The van der Waals surface area contributed by atoms with Crippen molar-refractivity contribution in [3.8, 4) is 0 Å². The number of rotatable bonds is 5. The van der Waals surface area contributed by atoms with Crippen LogP contribution in [0.1, 0.15) is 37.1 Å². The van der Waals surface area contributed by atoms with Crippen LogP contribution in [0.5, 0.6) is 0 Å². The van der Waals surface area contributed by atoms with E-state index in [1.807, 2.05) is 19.1 Å². The molecule has 7 heteroatoms. The first-order chi connectivity index (χ1) is 11.6. The molecule has 0 saturated heterocycles. The van der Waals surface area contributed by atoms with Crippen LogP contribution in [0, 0.1) is 6.92 Å². The third-order valence-electron chi connectivity index (χ3n) is 3.85. The van der Waals surface area contributed by atoms with E-state index >= 15 is 0 Å². The summed E-state index contributed by atoms with van der Waals surface area (Å²) in [4.78, 5) is 33.3. The van der Waals surface area contributed by atoms with Crippen molar-refractivity contribution >= 4 is 23.5 Å². The van der Waals surface area contributed by atoms with Crippen LogP contribution in [0.15, 0.2) is 34.3 Å². The number of carbonyl (C=O) groups is 1. The molecule has 0 bridgehead atoms. The summed E-state index contributed by atoms with van der Waals surface area (Å²) in [6.07, 6.45) is 3.66. The molecule has 0 spiro atoms. The minimum Gasteiger partial charge on any atom is -0.311 e. The molecule has 0 radical (unpaired) electrons. The van der Waals surface area contributed by atoms with Gasteiger partial charge in [-0.1, -0.05) is 25.1 Å². The number of aromatic nitrogens is 3. The van der Waals surface area contributed by atoms with Gasteiger partial charge in [-0.3, -0.25) is 14.2 Å². The highest BCUT2D eigenvalue weighted by atomic mass is 32.2. The van der Waals surface area contributed by atoms with Crippen molar-refractivity contribution in [2.24, 2.45) is 0 Å². The molecule has 3 rings (SSSR count). The van der Waals surface area contributed by atoms with Gasteiger partial charge in [0, 0.05) is 30.1 Å². The molecule has 6 nitrogen and oxygen atoms in total. The van der Waals surface area contributed by atoms with Crippen molar-refractivity contribution in [2.75, 3.05) is 11.1 Å². The third-order valence-corrected chi connectivity index (χ3v) is 4.95. The van der Waals surface area contributed by atoms with Crippen molar-refractivity contribution in [1.82, 2.24) is 14.5 Å². The van der Waals surface area contributed by atoms with Crippen molar-refractivity contribution in [3.05, 3.63) is 46.0 Å². The molecule has 126 valence electrons. The standard InChI is InChI=1S/C17H20N4O2S/c1-3-4-12-8-16(23)21-13(10-24-17(21)19-12)9-15(22)20-14-7-11(2)5-6-18-14/h5-8,13H,3-4,9-10H2,1-2H3,(H,18,20,22). The van der Waals surface area contributed by atoms with E-state index in [4.69, 9.17) is 0 Å². The van der Waals surface area contributed by atoms with Crippen LogP contribution in [-0.4, -0.2) is 26.2 Å². The third kappa shape index (κ3) is 3.67. The maximum Gasteiger partial charge on any atom is 0.254 e. The zero-order chi connectivity index (χ0) is 17.1. The highest BCUT2D eigenvalue weighted by Gasteiger charge is 2.27. The van der Waals surface area contributed by atoms with Crippen molar-refractivity contribution < 1.29 is 4.79 Å². The fourth-order valence-corrected chi connectivity index (χ4v) is 3.91. The minimum atomic E-state index is -0.162. The van der Waals surface area contributed by atoms with Crippen LogP contribution < -0.4 is 10.9 Å². The summed E-state index contributed by atoms with van der Waals surface area (Å²) >= 11 is 1.54. The average Bonchev–Trinajstić information content (AvgIpc) is 2.90. The summed E-state index contributed by atoms with van der Waals surface area (Å²) < 4.78 is 1.65. The SMILES string of the molecule is CCCc1cc(=O)n2c(n1)SCC2CC(=O)Nc1cc(C)ccn1. The van der Waals surface area contributed by atoms with Crippen molar-refractivity contribution in [2.45, 2.75) is 44.3 Å². The van der Waals surface area contributed by atoms with Gasteiger partial charge >= 0.3 is 0 Å². The molecule has 2 aromatic rings. The average molecular weight is 344 g/mol. The maximum atomic E-state index is 12.4. The van der Waals surface area contributed by atoms with Gasteiger partial charge in [0.2, 0.25) is 5.91 Å². The lowest BCUT2D eigenvalue weighted by atomic mass is 10.2. The second-order valence-electron chi connectivity index (χ2n) is 5.92. The zero-order valence-corrected chi connectivity index (χ0v) is 14.6. The number of aryl methyl sites for hydroxylation is 2. The van der Waals surface area contributed by atoms with Crippen LogP contribution in [-0.2, 0) is 11.2 Å². The van der Waals surface area contributed by atoms with Crippen LogP contribution in [0.4, 0.5) is 5.82 Å². The largest absolute Gasteiger partial charge is 0.311 e. The molecule has 24 heavy (non-hydrogen) atoms. The fourth-order valence-electron chi connectivity index (χ4n) is 2.75. The molecule has 1 amide bonds. The molecule has 1 atom stereocenters. The summed E-state index contributed by atoms with van der Waals surface area (Å²) in [5.41, 5.74) is 1.79. The van der Waals surface area contributed by atoms with E-state index in [0.29, 0.717) is 11.6 Å². The van der Waals surface area contributed by atoms with Crippen molar-refractivity contribution in [1.29, 1.82) is 0 Å². The smallest absolute Gasteiger partial charge is 0.254 e. The number of anilines is 1. The van der Waals surface area contributed by atoms with Crippen molar-refractivity contribution in [3.63, 3.8) is 0 Å². The van der Waals surface area contributed by atoms with Gasteiger partial charge < -0.3 is 5.32 Å². The summed E-state index contributed by atoms with van der Waals surface area (Å²) in [5.74, 6) is 1.08. The lowest BCUT2D eigenvalue weighted by Gasteiger charge is -2.13. The van der Waals surface area contributed by atoms with Crippen LogP contribution in [0.25, 0.3) is 0 Å². The monoisotopic (exact) mass is 344 g/mol. The topological polar surface area (TPSA) is 76.9 Å². The molecule has 0 aromatic carbocycles. The Balaban J connectivity index is 1.72. The maximum absolute atomic E-state index is 12.4. The number of thioether (sulfide) groups is 1. The highest BCUT2D eigenvalue weighted by molar-refractivity contribution is 7.99. The normalized spacial score (nSPS) is 16.0. The second kappa shape index (κ2) is 7.17. The Labute approximate surface area is 144 Å². The van der Waals surface area contributed by atoms with E-state index in [2.05, 4.69) is 22.2 Å². The van der Waals surface area contributed by atoms with Gasteiger partial charge in [0.1, 0.15) is 5.82 Å². The van der Waals surface area contributed by atoms with E-state index in [1.165, 1.54) is 11.8 Å². The van der Waals surface area contributed by atoms with E-state index in [1.54, 1.807) is 16.8 Å². The fraction of sp³-hybridized carbons (Fsp3) is 0.412. The van der Waals surface area contributed by atoms with Gasteiger partial charge in [-0.15, -0.1) is 0 Å². The molecular weight excluding hydrogens is 324 g/mol. The van der Waals surface area contributed by atoms with Gasteiger partial charge in [-0.2, -0.15) is 0 Å². The first kappa shape index (κ1) is 16.7. The zero-order valence-electron chi connectivity index (χ0n) is 13.8. The molecule has 1 aliphatic rings. The number of carbonyl (C=O) groups excluding carboxylic acids is 1. The summed E-state index contributed by atoms with van der Waals surface area (Å²) in [6, 6.07) is 5.12. The molecule has 0 saturated carbocycles. The summed E-state index contributed by atoms with van der Waals surface area (Å²) in [7, 11) is 0. The van der Waals surface area contributed by atoms with E-state index in [9.17, 15) is 9.59 Å². The van der Waals surface area contributed by atoms with Gasteiger partial charge in [0.05, 0.1) is 6.04 Å². The predicted octanol–water partition coefficient (Wildman–Crippen LogP) is 2.57. The number of hydrogen-bond donors (Lipinski definition) is 1. The molecule has 0 aliphatic carbocycles. The number of fused-ring (bicyclic) bond motifs is 1. The summed E-state index contributed by atoms with van der Waals surface area (Å²) in [6.45, 7) is 4.01. The van der Waals surface area contributed by atoms with Gasteiger partial charge in [0.15, 0.2) is 5.16 Å². The number of hydrogen-bond acceptors (Lipinski definition) is 5. The predicted molar refractivity (Wildman–Crippen MR) is 94.5 cm³/mol. The highest BCUT2D eigenvalue weighted by Crippen LogP contribution is 2.32. The number of nitrogens with one attached hydrogen (secondary N) is 1. The quantitative estimate of drug-likeness (QED) is 0.844. The molecule has 0 fully saturated rings. The number of pyridine rings is 1. The molecular formula is C17H20N4O2S. The molecule has 1 N–H and O–H groups in total. The lowest BCUT2D eigenvalue weighted by Crippen LogP contribution is -2.28. The molecule has 3 heterocycles. The Morgan fingerprint density at radius 1 is 1.46 bits per heavy atom. The summed E-state index contributed by atoms with van der Waals surface area (Å²) in [5, 5.41) is 3.52. The lowest BCUT2D eigenvalue weighted by molar-refractivity contribution is -0.116. The van der Waals surface area contributed by atoms with E-state index in [0.717, 1.165) is 29.3 Å². The van der Waals surface area contributed by atoms with Crippen LogP contribution >= 0.6 is 11.8 Å². The Kier molecular flexibility index (Phi) is 4.99. The Morgan fingerprint density at radius 2 is 2.29 bits per heavy atom. The second-order valence-corrected chi connectivity index (χ2v) is 6.91. The first-order valence-corrected chi connectivity index (χ1v) is 9.03. The number of nitrogens with zero attached hydrogens (tertiary/aromatic N) is 3. The number of amides is 1. The van der Waals surface area contributed by atoms with E-state index in [-0.39, 0.29) is 23.9 Å². The van der Waals surface area contributed by atoms with E-state index < -0.39 is 0 Å². The van der Waals surface area contributed by atoms with Gasteiger partial charge in [-0.05, 0) is 31.0 Å². The molecule has 1 aliphatic heterocycles. The Hall–Kier alpha value is -2.15. The Bertz CT molecular complexity index is 818. The molecule has 2 aromatic heterocycles. The van der Waals surface area contributed by atoms with Gasteiger partial charge in [-0.25, -0.2) is 9.97 Å². The van der Waals surface area contributed by atoms with Crippen LogP contribution in [0.3, 0.4) is 0 Å². The first-order valence-electron chi connectivity index (χ1n) is 8.04. The van der Waals surface area contributed by atoms with Gasteiger partial charge in [0.25, 0.3) is 5.56 Å².